The lowest BCUT2D eigenvalue weighted by Gasteiger charge is -2.17. The molecule has 0 spiro atoms. The topological polar surface area (TPSA) is 73.2 Å². The zero-order chi connectivity index (χ0) is 20.8. The Morgan fingerprint density at radius 2 is 1.90 bits per heavy atom. The predicted molar refractivity (Wildman–Crippen MR) is 116 cm³/mol. The molecule has 3 aromatic rings. The van der Waals surface area contributed by atoms with Crippen molar-refractivity contribution in [3.63, 3.8) is 0 Å². The number of amides is 1. The Morgan fingerprint density at radius 3 is 2.66 bits per heavy atom. The Kier molecular flexibility index (Phi) is 6.93. The van der Waals surface area contributed by atoms with Crippen LogP contribution in [-0.4, -0.2) is 33.5 Å². The molecule has 0 unspecified atom stereocenters. The van der Waals surface area contributed by atoms with Crippen LogP contribution in [0.15, 0.2) is 59.6 Å². The van der Waals surface area contributed by atoms with Crippen molar-refractivity contribution in [2.24, 2.45) is 0 Å². The van der Waals surface area contributed by atoms with E-state index >= 15 is 0 Å². The number of fused-ring (bicyclic) bond motifs is 1. The highest BCUT2D eigenvalue weighted by Gasteiger charge is 2.20. The number of thioether (sulfide) groups is 1. The van der Waals surface area contributed by atoms with E-state index < -0.39 is 12.1 Å². The fourth-order valence-corrected chi connectivity index (χ4v) is 3.58. The fraction of sp³-hybridized carbons (Fsp3) is 0.318. The quantitative estimate of drug-likeness (QED) is 0.431. The third-order valence-electron chi connectivity index (χ3n) is 4.68. The standard InChI is InChI=1S/C22H25N3O3S/c1-4-15(2)25-20(11-12-23-25)24-22(27)16(3)28-21(26)14-29-19-10-9-17-7-5-6-8-18(17)13-19/h5-13,15-16H,4,14H2,1-3H3,(H,24,27)/t15-,16+/m1/s1. The third kappa shape index (κ3) is 5.38. The highest BCUT2D eigenvalue weighted by Crippen LogP contribution is 2.24. The summed E-state index contributed by atoms with van der Waals surface area (Å²) in [4.78, 5) is 25.6. The molecule has 3 rings (SSSR count). The van der Waals surface area contributed by atoms with Crippen LogP contribution in [0.2, 0.25) is 0 Å². The van der Waals surface area contributed by atoms with E-state index in [4.69, 9.17) is 4.74 Å². The Morgan fingerprint density at radius 1 is 1.14 bits per heavy atom. The van der Waals surface area contributed by atoms with Gasteiger partial charge in [0.25, 0.3) is 5.91 Å². The molecule has 2 atom stereocenters. The molecule has 29 heavy (non-hydrogen) atoms. The molecule has 0 aliphatic rings. The molecule has 2 aromatic carbocycles. The average Bonchev–Trinajstić information content (AvgIpc) is 3.19. The molecule has 1 aromatic heterocycles. The number of esters is 1. The van der Waals surface area contributed by atoms with Crippen LogP contribution in [0.25, 0.3) is 10.8 Å². The van der Waals surface area contributed by atoms with E-state index in [0.717, 1.165) is 22.1 Å². The van der Waals surface area contributed by atoms with Gasteiger partial charge in [-0.2, -0.15) is 5.10 Å². The predicted octanol–water partition coefficient (Wildman–Crippen LogP) is 4.67. The number of ether oxygens (including phenoxy) is 1. The number of nitrogens with one attached hydrogen (secondary N) is 1. The first-order valence-electron chi connectivity index (χ1n) is 9.63. The van der Waals surface area contributed by atoms with Crippen LogP contribution in [0.1, 0.15) is 33.2 Å². The number of carbonyl (C=O) groups excluding carboxylic acids is 2. The number of benzene rings is 2. The number of hydrogen-bond acceptors (Lipinski definition) is 5. The molecule has 0 aliphatic heterocycles. The van der Waals surface area contributed by atoms with Gasteiger partial charge in [-0.05, 0) is 43.2 Å². The molecule has 152 valence electrons. The van der Waals surface area contributed by atoms with Gasteiger partial charge in [0.2, 0.25) is 0 Å². The second kappa shape index (κ2) is 9.60. The van der Waals surface area contributed by atoms with Gasteiger partial charge in [-0.25, -0.2) is 4.68 Å². The number of aromatic nitrogens is 2. The lowest BCUT2D eigenvalue weighted by molar-refractivity contribution is -0.150. The molecule has 1 amide bonds. The van der Waals surface area contributed by atoms with Crippen LogP contribution < -0.4 is 5.32 Å². The van der Waals surface area contributed by atoms with Crippen LogP contribution in [0.5, 0.6) is 0 Å². The maximum atomic E-state index is 12.4. The van der Waals surface area contributed by atoms with Gasteiger partial charge in [-0.15, -0.1) is 11.8 Å². The van der Waals surface area contributed by atoms with Crippen LogP contribution in [0, 0.1) is 0 Å². The zero-order valence-corrected chi connectivity index (χ0v) is 17.6. The molecule has 0 aliphatic carbocycles. The maximum absolute atomic E-state index is 12.4. The fourth-order valence-electron chi connectivity index (χ4n) is 2.85. The normalized spacial score (nSPS) is 13.1. The van der Waals surface area contributed by atoms with Gasteiger partial charge in [-0.1, -0.05) is 37.3 Å². The molecule has 7 heteroatoms. The SMILES string of the molecule is CC[C@@H](C)n1nccc1NC(=O)[C@H](C)OC(=O)CSc1ccc2ccccc2c1. The number of rotatable bonds is 8. The summed E-state index contributed by atoms with van der Waals surface area (Å²) in [5.41, 5.74) is 0. The molecule has 0 fully saturated rings. The summed E-state index contributed by atoms with van der Waals surface area (Å²) < 4.78 is 7.05. The van der Waals surface area contributed by atoms with Crippen molar-refractivity contribution >= 4 is 40.2 Å². The third-order valence-corrected chi connectivity index (χ3v) is 5.65. The van der Waals surface area contributed by atoms with Gasteiger partial charge < -0.3 is 10.1 Å². The molecule has 1 heterocycles. The highest BCUT2D eigenvalue weighted by atomic mass is 32.2. The molecule has 0 saturated heterocycles. The summed E-state index contributed by atoms with van der Waals surface area (Å²) in [5, 5.41) is 9.29. The molecule has 1 N–H and O–H groups in total. The highest BCUT2D eigenvalue weighted by molar-refractivity contribution is 8.00. The summed E-state index contributed by atoms with van der Waals surface area (Å²) in [5.74, 6) is -0.0704. The van der Waals surface area contributed by atoms with E-state index in [9.17, 15) is 9.59 Å². The van der Waals surface area contributed by atoms with Crippen molar-refractivity contribution in [2.45, 2.75) is 44.2 Å². The van der Waals surface area contributed by atoms with Gasteiger partial charge >= 0.3 is 5.97 Å². The minimum Gasteiger partial charge on any atom is -0.452 e. The number of hydrogen-bond donors (Lipinski definition) is 1. The second-order valence-electron chi connectivity index (χ2n) is 6.84. The van der Waals surface area contributed by atoms with Gasteiger partial charge in [0.15, 0.2) is 6.10 Å². The number of anilines is 1. The molecular formula is C22H25N3O3S. The summed E-state index contributed by atoms with van der Waals surface area (Å²) >= 11 is 1.39. The van der Waals surface area contributed by atoms with E-state index in [1.807, 2.05) is 49.4 Å². The average molecular weight is 412 g/mol. The van der Waals surface area contributed by atoms with Crippen LogP contribution in [0.4, 0.5) is 5.82 Å². The Bertz CT molecular complexity index is 1000. The molecule has 0 bridgehead atoms. The number of nitrogens with zero attached hydrogens (tertiary/aromatic N) is 2. The van der Waals surface area contributed by atoms with Crippen molar-refractivity contribution < 1.29 is 14.3 Å². The maximum Gasteiger partial charge on any atom is 0.317 e. The molecule has 0 radical (unpaired) electrons. The summed E-state index contributed by atoms with van der Waals surface area (Å²) in [6.07, 6.45) is 1.64. The molecular weight excluding hydrogens is 386 g/mol. The van der Waals surface area contributed by atoms with Crippen molar-refractivity contribution in [3.05, 3.63) is 54.7 Å². The van der Waals surface area contributed by atoms with Crippen molar-refractivity contribution in [1.82, 2.24) is 9.78 Å². The van der Waals surface area contributed by atoms with Crippen LogP contribution in [-0.2, 0) is 14.3 Å². The van der Waals surface area contributed by atoms with Crippen molar-refractivity contribution in [1.29, 1.82) is 0 Å². The summed E-state index contributed by atoms with van der Waals surface area (Å²) in [6, 6.07) is 16.0. The first-order valence-corrected chi connectivity index (χ1v) is 10.6. The second-order valence-corrected chi connectivity index (χ2v) is 7.89. The Hall–Kier alpha value is -2.80. The van der Waals surface area contributed by atoms with E-state index in [-0.39, 0.29) is 17.7 Å². The van der Waals surface area contributed by atoms with Crippen molar-refractivity contribution in [3.8, 4) is 0 Å². The van der Waals surface area contributed by atoms with Gasteiger partial charge in [0.1, 0.15) is 5.82 Å². The van der Waals surface area contributed by atoms with Crippen molar-refractivity contribution in [2.75, 3.05) is 11.1 Å². The monoisotopic (exact) mass is 411 g/mol. The largest absolute Gasteiger partial charge is 0.452 e. The first kappa shape index (κ1) is 20.9. The number of carbonyl (C=O) groups is 2. The van der Waals surface area contributed by atoms with Gasteiger partial charge in [0, 0.05) is 11.0 Å². The minimum atomic E-state index is -0.889. The van der Waals surface area contributed by atoms with E-state index in [1.54, 1.807) is 23.9 Å². The van der Waals surface area contributed by atoms with Gasteiger partial charge in [-0.3, -0.25) is 9.59 Å². The molecule has 0 saturated carbocycles. The van der Waals surface area contributed by atoms with Crippen LogP contribution >= 0.6 is 11.8 Å². The van der Waals surface area contributed by atoms with E-state index in [2.05, 4.69) is 17.3 Å². The zero-order valence-electron chi connectivity index (χ0n) is 16.8. The lowest BCUT2D eigenvalue weighted by Crippen LogP contribution is -2.31. The Balaban J connectivity index is 1.51. The van der Waals surface area contributed by atoms with Crippen LogP contribution in [0.3, 0.4) is 0 Å². The first-order chi connectivity index (χ1) is 14.0. The Labute approximate surface area is 174 Å². The van der Waals surface area contributed by atoms with Gasteiger partial charge in [0.05, 0.1) is 18.0 Å². The molecule has 6 nitrogen and oxygen atoms in total. The summed E-state index contributed by atoms with van der Waals surface area (Å²) in [7, 11) is 0. The lowest BCUT2D eigenvalue weighted by atomic mass is 10.1. The van der Waals surface area contributed by atoms with E-state index in [1.165, 1.54) is 11.8 Å². The summed E-state index contributed by atoms with van der Waals surface area (Å²) in [6.45, 7) is 5.64. The van der Waals surface area contributed by atoms with E-state index in [0.29, 0.717) is 5.82 Å². The smallest absolute Gasteiger partial charge is 0.317 e. The minimum absolute atomic E-state index is 0.140.